The predicted molar refractivity (Wildman–Crippen MR) is 172 cm³/mol. The number of nitriles is 1. The van der Waals surface area contributed by atoms with Gasteiger partial charge in [0, 0.05) is 0 Å². The zero-order valence-corrected chi connectivity index (χ0v) is 27.1. The lowest BCUT2D eigenvalue weighted by molar-refractivity contribution is 0.506. The van der Waals surface area contributed by atoms with Gasteiger partial charge in [-0.05, 0) is 65.6 Å². The molecule has 0 aliphatic carbocycles. The van der Waals surface area contributed by atoms with E-state index in [9.17, 15) is 8.78 Å². The molecule has 3 aromatic carbocycles. The van der Waals surface area contributed by atoms with Crippen LogP contribution in [0.15, 0.2) is 66.7 Å². The smallest absolute Gasteiger partial charge is 0.159 e. The molecule has 0 aliphatic rings. The average molecular weight is 552 g/mol. The molecule has 0 N–H and O–H groups in total. The monoisotopic (exact) mass is 551 g/mol. The van der Waals surface area contributed by atoms with Crippen molar-refractivity contribution >= 4 is 0 Å². The molecule has 0 bridgehead atoms. The second kappa shape index (κ2) is 23.9. The van der Waals surface area contributed by atoms with Crippen LogP contribution in [0.1, 0.15) is 140 Å². The summed E-state index contributed by atoms with van der Waals surface area (Å²) >= 11 is 0. The van der Waals surface area contributed by atoms with Gasteiger partial charge in [-0.2, -0.15) is 5.26 Å². The minimum atomic E-state index is -0.783. The van der Waals surface area contributed by atoms with Crippen LogP contribution in [0.3, 0.4) is 0 Å². The minimum Gasteiger partial charge on any atom is -0.204 e. The van der Waals surface area contributed by atoms with Gasteiger partial charge in [-0.1, -0.05) is 143 Å². The minimum absolute atomic E-state index is 0.241. The third-order valence-corrected chi connectivity index (χ3v) is 5.98. The second-order valence-corrected chi connectivity index (χ2v) is 10.5. The third-order valence-electron chi connectivity index (χ3n) is 5.98. The molecule has 0 spiro atoms. The maximum Gasteiger partial charge on any atom is 0.159 e. The van der Waals surface area contributed by atoms with E-state index in [1.54, 1.807) is 6.07 Å². The Kier molecular flexibility index (Phi) is 23.4. The summed E-state index contributed by atoms with van der Waals surface area (Å²) in [5.41, 5.74) is 5.62. The first kappa shape index (κ1) is 39.2. The van der Waals surface area contributed by atoms with Gasteiger partial charge >= 0.3 is 0 Å². The molecule has 0 atom stereocenters. The fourth-order valence-corrected chi connectivity index (χ4v) is 3.34. The van der Waals surface area contributed by atoms with E-state index in [2.05, 4.69) is 78.8 Å². The third kappa shape index (κ3) is 18.3. The highest BCUT2D eigenvalue weighted by Crippen LogP contribution is 2.17. The number of hydrogen-bond acceptors (Lipinski definition) is 1. The van der Waals surface area contributed by atoms with Gasteiger partial charge in [-0.15, -0.1) is 0 Å². The number of hydrogen-bond donors (Lipinski definition) is 0. The molecule has 0 fully saturated rings. The van der Waals surface area contributed by atoms with Gasteiger partial charge < -0.3 is 0 Å². The number of benzene rings is 3. The molecule has 0 radical (unpaired) electrons. The first-order valence-electron chi connectivity index (χ1n) is 15.0. The number of halogens is 2. The van der Waals surface area contributed by atoms with Crippen molar-refractivity contribution in [3.05, 3.63) is 106 Å². The molecule has 3 aromatic rings. The van der Waals surface area contributed by atoms with Crippen molar-refractivity contribution in [2.75, 3.05) is 0 Å². The van der Waals surface area contributed by atoms with Gasteiger partial charge in [0.05, 0.1) is 11.6 Å². The van der Waals surface area contributed by atoms with E-state index in [0.717, 1.165) is 17.2 Å². The molecule has 222 valence electrons. The molecule has 0 unspecified atom stereocenters. The molecule has 3 rings (SSSR count). The molecule has 1 nitrogen and oxygen atoms in total. The first-order valence-corrected chi connectivity index (χ1v) is 15.0. The van der Waals surface area contributed by atoms with Gasteiger partial charge in [0.15, 0.2) is 11.6 Å². The standard InChI is InChI=1S/C10H11N.C10H14.C9H10F2.C6H14.C2H6/c1-8(2)10-5-3-9(7-11)4-6-10;1-8(2)10-6-4-5-9(3)7-10;1-6(2)7-3-4-8(10)9(11)5-7;1-3-5-6-4-2;1-2/h3-6,8H,1-2H3;4-8H,1-3H3;3-6H,1-2H3;3-6H2,1-2H3;1-2H3. The van der Waals surface area contributed by atoms with Crippen LogP contribution < -0.4 is 0 Å². The molecule has 0 saturated heterocycles. The van der Waals surface area contributed by atoms with Crippen molar-refractivity contribution in [3.8, 4) is 6.07 Å². The van der Waals surface area contributed by atoms with Gasteiger partial charge in [0.25, 0.3) is 0 Å². The summed E-state index contributed by atoms with van der Waals surface area (Å²) in [4.78, 5) is 0. The van der Waals surface area contributed by atoms with E-state index < -0.39 is 11.6 Å². The Labute approximate surface area is 245 Å². The van der Waals surface area contributed by atoms with Crippen molar-refractivity contribution in [1.82, 2.24) is 0 Å². The highest BCUT2D eigenvalue weighted by molar-refractivity contribution is 5.32. The second-order valence-electron chi connectivity index (χ2n) is 10.5. The molecular weight excluding hydrogens is 496 g/mol. The number of rotatable bonds is 6. The van der Waals surface area contributed by atoms with E-state index in [1.165, 1.54) is 48.4 Å². The molecule has 3 heteroatoms. The van der Waals surface area contributed by atoms with Crippen LogP contribution in [0, 0.1) is 29.9 Å². The molecule has 0 heterocycles. The topological polar surface area (TPSA) is 23.8 Å². The molecule has 0 aliphatic heterocycles. The lowest BCUT2D eigenvalue weighted by Gasteiger charge is -2.04. The van der Waals surface area contributed by atoms with Crippen molar-refractivity contribution in [2.45, 2.75) is 120 Å². The Balaban J connectivity index is 0. The normalized spacial score (nSPS) is 9.68. The average Bonchev–Trinajstić information content (AvgIpc) is 2.95. The Morgan fingerprint density at radius 2 is 1.07 bits per heavy atom. The largest absolute Gasteiger partial charge is 0.204 e. The Morgan fingerprint density at radius 1 is 0.625 bits per heavy atom. The van der Waals surface area contributed by atoms with Crippen molar-refractivity contribution < 1.29 is 8.78 Å². The van der Waals surface area contributed by atoms with Crippen LogP contribution in [0.5, 0.6) is 0 Å². The first-order chi connectivity index (χ1) is 19.0. The van der Waals surface area contributed by atoms with Crippen LogP contribution in [-0.2, 0) is 0 Å². The zero-order valence-electron chi connectivity index (χ0n) is 27.1. The maximum absolute atomic E-state index is 12.6. The highest BCUT2D eigenvalue weighted by atomic mass is 19.2. The summed E-state index contributed by atoms with van der Waals surface area (Å²) in [7, 11) is 0. The van der Waals surface area contributed by atoms with Gasteiger partial charge in [0.2, 0.25) is 0 Å². The van der Waals surface area contributed by atoms with E-state index in [1.807, 2.05) is 52.0 Å². The molecule has 0 saturated carbocycles. The Hall–Kier alpha value is -2.99. The summed E-state index contributed by atoms with van der Waals surface area (Å²) in [6, 6.07) is 22.5. The van der Waals surface area contributed by atoms with Crippen LogP contribution >= 0.6 is 0 Å². The summed E-state index contributed by atoms with van der Waals surface area (Å²) in [6.07, 6.45) is 5.54. The maximum atomic E-state index is 12.6. The SMILES string of the molecule is CC.CC(C)c1ccc(C#N)cc1.CC(C)c1ccc(F)c(F)c1.CCCCCC.Cc1cccc(C(C)C)c1. The van der Waals surface area contributed by atoms with Crippen LogP contribution in [0.4, 0.5) is 8.78 Å². The van der Waals surface area contributed by atoms with Crippen LogP contribution in [-0.4, -0.2) is 0 Å². The Bertz CT molecular complexity index is 1060. The fraction of sp³-hybridized carbons (Fsp3) is 0.486. The molecule has 0 aromatic heterocycles. The van der Waals surface area contributed by atoms with Gasteiger partial charge in [-0.25, -0.2) is 8.78 Å². The van der Waals surface area contributed by atoms with Crippen molar-refractivity contribution in [2.24, 2.45) is 0 Å². The zero-order chi connectivity index (χ0) is 31.1. The van der Waals surface area contributed by atoms with Crippen molar-refractivity contribution in [3.63, 3.8) is 0 Å². The number of aryl methyl sites for hydroxylation is 1. The van der Waals surface area contributed by atoms with E-state index in [4.69, 9.17) is 5.26 Å². The molecule has 0 amide bonds. The highest BCUT2D eigenvalue weighted by Gasteiger charge is 2.04. The number of nitrogens with zero attached hydrogens (tertiary/aromatic N) is 1. The van der Waals surface area contributed by atoms with Crippen molar-refractivity contribution in [1.29, 1.82) is 5.26 Å². The van der Waals surface area contributed by atoms with E-state index in [0.29, 0.717) is 11.8 Å². The summed E-state index contributed by atoms with van der Waals surface area (Å²) < 4.78 is 25.0. The number of unbranched alkanes of at least 4 members (excludes halogenated alkanes) is 3. The van der Waals surface area contributed by atoms with E-state index in [-0.39, 0.29) is 5.92 Å². The van der Waals surface area contributed by atoms with Crippen LogP contribution in [0.25, 0.3) is 0 Å². The van der Waals surface area contributed by atoms with Gasteiger partial charge in [0.1, 0.15) is 0 Å². The Morgan fingerprint density at radius 3 is 1.43 bits per heavy atom. The van der Waals surface area contributed by atoms with Gasteiger partial charge in [-0.3, -0.25) is 0 Å². The van der Waals surface area contributed by atoms with Crippen LogP contribution in [0.2, 0.25) is 0 Å². The summed E-state index contributed by atoms with van der Waals surface area (Å²) in [6.45, 7) is 23.2. The predicted octanol–water partition coefficient (Wildman–Crippen LogP) is 12.5. The fourth-order valence-electron chi connectivity index (χ4n) is 3.34. The summed E-state index contributed by atoms with van der Waals surface area (Å²) in [5, 5.41) is 8.52. The molecular formula is C37H55F2N. The lowest BCUT2D eigenvalue weighted by atomic mass is 10.0. The lowest BCUT2D eigenvalue weighted by Crippen LogP contribution is -1.90. The quantitative estimate of drug-likeness (QED) is 0.279. The van der Waals surface area contributed by atoms with E-state index >= 15 is 0 Å². The molecule has 40 heavy (non-hydrogen) atoms. The summed E-state index contributed by atoms with van der Waals surface area (Å²) in [5.74, 6) is -0.113.